The van der Waals surface area contributed by atoms with Gasteiger partial charge < -0.3 is 10.6 Å². The van der Waals surface area contributed by atoms with Gasteiger partial charge >= 0.3 is 6.18 Å². The van der Waals surface area contributed by atoms with E-state index in [-0.39, 0.29) is 22.8 Å². The van der Waals surface area contributed by atoms with Gasteiger partial charge in [-0.3, -0.25) is 4.79 Å². The van der Waals surface area contributed by atoms with Crippen LogP contribution in [0.4, 0.5) is 19.0 Å². The molecule has 1 unspecified atom stereocenters. The average molecular weight is 303 g/mol. The third-order valence-electron chi connectivity index (χ3n) is 3.60. The number of alkyl halides is 3. The second-order valence-electron chi connectivity index (χ2n) is 6.08. The molecule has 1 aromatic heterocycles. The lowest BCUT2D eigenvalue weighted by Crippen LogP contribution is -2.41. The molecule has 0 aliphatic rings. The van der Waals surface area contributed by atoms with E-state index in [0.717, 1.165) is 12.1 Å². The van der Waals surface area contributed by atoms with E-state index in [9.17, 15) is 18.0 Å². The van der Waals surface area contributed by atoms with Crippen LogP contribution in [0.25, 0.3) is 0 Å². The third kappa shape index (κ3) is 3.86. The van der Waals surface area contributed by atoms with E-state index in [4.69, 9.17) is 5.73 Å². The number of aromatic nitrogens is 1. The summed E-state index contributed by atoms with van der Waals surface area (Å²) in [5.74, 6) is -0.862. The number of hydrogen-bond acceptors (Lipinski definition) is 3. The zero-order valence-electron chi connectivity index (χ0n) is 12.7. The van der Waals surface area contributed by atoms with Gasteiger partial charge in [0.05, 0.1) is 5.56 Å². The summed E-state index contributed by atoms with van der Waals surface area (Å²) in [4.78, 5) is 16.6. The molecule has 1 atom stereocenters. The average Bonchev–Trinajstić information content (AvgIpc) is 2.33. The number of carbonyl (C=O) groups excluding carboxylic acids is 1. The molecule has 21 heavy (non-hydrogen) atoms. The molecule has 0 saturated heterocycles. The van der Waals surface area contributed by atoms with Crippen molar-refractivity contribution >= 4 is 11.7 Å². The van der Waals surface area contributed by atoms with Crippen LogP contribution in [0.5, 0.6) is 0 Å². The fraction of sp³-hybridized carbons (Fsp3) is 0.571. The predicted octanol–water partition coefficient (Wildman–Crippen LogP) is 3.07. The minimum Gasteiger partial charge on any atom is -0.365 e. The molecule has 7 heteroatoms. The molecule has 2 N–H and O–H groups in total. The highest BCUT2D eigenvalue weighted by Crippen LogP contribution is 2.32. The first-order chi connectivity index (χ1) is 9.35. The van der Waals surface area contributed by atoms with Crippen LogP contribution >= 0.6 is 0 Å². The van der Waals surface area contributed by atoms with E-state index >= 15 is 0 Å². The van der Waals surface area contributed by atoms with Crippen LogP contribution in [0, 0.1) is 5.41 Å². The number of primary amides is 1. The molecule has 118 valence electrons. The molecule has 1 amide bonds. The maximum absolute atomic E-state index is 12.8. The number of nitrogens with zero attached hydrogens (tertiary/aromatic N) is 2. The summed E-state index contributed by atoms with van der Waals surface area (Å²) < 4.78 is 38.4. The number of amides is 1. The van der Waals surface area contributed by atoms with E-state index in [2.05, 4.69) is 4.98 Å². The maximum Gasteiger partial charge on any atom is 0.433 e. The van der Waals surface area contributed by atoms with Crippen LogP contribution in [0.3, 0.4) is 0 Å². The lowest BCUT2D eigenvalue weighted by Gasteiger charge is -2.36. The standard InChI is InChI=1S/C14H20F3N3O/c1-8(13(2,3)4)20(5)12-9(11(18)21)6-7-10(19-12)14(15,16)17/h6-8H,1-5H3,(H2,18,21). The summed E-state index contributed by atoms with van der Waals surface area (Å²) >= 11 is 0. The normalized spacial score (nSPS) is 13.9. The van der Waals surface area contributed by atoms with Gasteiger partial charge in [-0.25, -0.2) is 4.98 Å². The molecule has 1 heterocycles. The van der Waals surface area contributed by atoms with Gasteiger partial charge in [-0.15, -0.1) is 0 Å². The molecule has 0 aromatic carbocycles. The Bertz CT molecular complexity index is 535. The lowest BCUT2D eigenvalue weighted by atomic mass is 9.87. The summed E-state index contributed by atoms with van der Waals surface area (Å²) in [6.07, 6.45) is -4.57. The summed E-state index contributed by atoms with van der Waals surface area (Å²) in [5, 5.41) is 0. The molecule has 1 rings (SSSR count). The summed E-state index contributed by atoms with van der Waals surface area (Å²) in [7, 11) is 1.60. The third-order valence-corrected chi connectivity index (χ3v) is 3.60. The summed E-state index contributed by atoms with van der Waals surface area (Å²) in [6, 6.07) is 1.69. The van der Waals surface area contributed by atoms with Gasteiger partial charge in [-0.2, -0.15) is 13.2 Å². The second kappa shape index (κ2) is 5.54. The van der Waals surface area contributed by atoms with Crippen molar-refractivity contribution in [1.29, 1.82) is 0 Å². The highest BCUT2D eigenvalue weighted by atomic mass is 19.4. The van der Waals surface area contributed by atoms with Crippen LogP contribution in [0.2, 0.25) is 0 Å². The Morgan fingerprint density at radius 1 is 1.29 bits per heavy atom. The van der Waals surface area contributed by atoms with Gasteiger partial charge in [0, 0.05) is 13.1 Å². The number of nitrogens with two attached hydrogens (primary N) is 1. The van der Waals surface area contributed by atoms with Crippen molar-refractivity contribution in [3.63, 3.8) is 0 Å². The molecule has 0 fully saturated rings. The molecule has 0 bridgehead atoms. The van der Waals surface area contributed by atoms with Crippen molar-refractivity contribution in [3.8, 4) is 0 Å². The lowest BCUT2D eigenvalue weighted by molar-refractivity contribution is -0.141. The van der Waals surface area contributed by atoms with Crippen molar-refractivity contribution in [3.05, 3.63) is 23.4 Å². The van der Waals surface area contributed by atoms with Crippen molar-refractivity contribution < 1.29 is 18.0 Å². The van der Waals surface area contributed by atoms with Gasteiger partial charge in [-0.05, 0) is 24.5 Å². The first-order valence-corrected chi connectivity index (χ1v) is 6.46. The van der Waals surface area contributed by atoms with Crippen molar-refractivity contribution in [1.82, 2.24) is 4.98 Å². The Balaban J connectivity index is 3.40. The molecule has 0 radical (unpaired) electrons. The largest absolute Gasteiger partial charge is 0.433 e. The maximum atomic E-state index is 12.8. The number of anilines is 1. The highest BCUT2D eigenvalue weighted by molar-refractivity contribution is 5.97. The first kappa shape index (κ1) is 17.3. The number of pyridine rings is 1. The summed E-state index contributed by atoms with van der Waals surface area (Å²) in [6.45, 7) is 7.70. The van der Waals surface area contributed by atoms with E-state index in [1.807, 2.05) is 27.7 Å². The minimum absolute atomic E-state index is 0.0263. The minimum atomic E-state index is -4.57. The van der Waals surface area contributed by atoms with E-state index in [1.165, 1.54) is 0 Å². The molecular weight excluding hydrogens is 283 g/mol. The Labute approximate surface area is 122 Å². The van der Waals surface area contributed by atoms with E-state index < -0.39 is 17.8 Å². The highest BCUT2D eigenvalue weighted by Gasteiger charge is 2.35. The molecular formula is C14H20F3N3O. The van der Waals surface area contributed by atoms with Gasteiger partial charge in [-0.1, -0.05) is 20.8 Å². The Hall–Kier alpha value is -1.79. The number of hydrogen-bond donors (Lipinski definition) is 1. The zero-order chi connectivity index (χ0) is 16.6. The Morgan fingerprint density at radius 3 is 2.19 bits per heavy atom. The van der Waals surface area contributed by atoms with Crippen LogP contribution in [-0.4, -0.2) is 24.0 Å². The quantitative estimate of drug-likeness (QED) is 0.933. The van der Waals surface area contributed by atoms with Gasteiger partial charge in [0.1, 0.15) is 11.5 Å². The number of carbonyl (C=O) groups is 1. The second-order valence-corrected chi connectivity index (χ2v) is 6.08. The van der Waals surface area contributed by atoms with Crippen LogP contribution in [0.1, 0.15) is 43.7 Å². The first-order valence-electron chi connectivity index (χ1n) is 6.46. The van der Waals surface area contributed by atoms with Crippen LogP contribution in [-0.2, 0) is 6.18 Å². The van der Waals surface area contributed by atoms with Crippen LogP contribution in [0.15, 0.2) is 12.1 Å². The molecule has 0 spiro atoms. The molecule has 0 aliphatic heterocycles. The predicted molar refractivity (Wildman–Crippen MR) is 75.1 cm³/mol. The van der Waals surface area contributed by atoms with E-state index in [0.29, 0.717) is 0 Å². The van der Waals surface area contributed by atoms with Crippen LogP contribution < -0.4 is 10.6 Å². The molecule has 4 nitrogen and oxygen atoms in total. The monoisotopic (exact) mass is 303 g/mol. The number of halogens is 3. The van der Waals surface area contributed by atoms with Crippen molar-refractivity contribution in [2.24, 2.45) is 11.1 Å². The Morgan fingerprint density at radius 2 is 1.81 bits per heavy atom. The molecule has 0 aliphatic carbocycles. The topological polar surface area (TPSA) is 59.2 Å². The van der Waals surface area contributed by atoms with Crippen molar-refractivity contribution in [2.45, 2.75) is 39.9 Å². The van der Waals surface area contributed by atoms with E-state index in [1.54, 1.807) is 11.9 Å². The fourth-order valence-electron chi connectivity index (χ4n) is 1.83. The van der Waals surface area contributed by atoms with Gasteiger partial charge in [0.15, 0.2) is 0 Å². The summed E-state index contributed by atoms with van der Waals surface area (Å²) in [5.41, 5.74) is 3.95. The fourth-order valence-corrected chi connectivity index (χ4v) is 1.83. The zero-order valence-corrected chi connectivity index (χ0v) is 12.7. The Kier molecular flexibility index (Phi) is 4.55. The van der Waals surface area contributed by atoms with Gasteiger partial charge in [0.2, 0.25) is 0 Å². The van der Waals surface area contributed by atoms with Crippen molar-refractivity contribution in [2.75, 3.05) is 11.9 Å². The smallest absolute Gasteiger partial charge is 0.365 e. The molecule has 0 saturated carbocycles. The SMILES string of the molecule is CC(N(C)c1nc(C(F)(F)F)ccc1C(N)=O)C(C)(C)C. The number of rotatable bonds is 3. The van der Waals surface area contributed by atoms with Gasteiger partial charge in [0.25, 0.3) is 5.91 Å². The molecule has 1 aromatic rings.